The molecule has 34 heavy (non-hydrogen) atoms. The molecule has 0 bridgehead atoms. The minimum atomic E-state index is -0.845. The molecule has 5 heteroatoms. The molecule has 1 N–H and O–H groups in total. The van der Waals surface area contributed by atoms with E-state index in [-0.39, 0.29) is 12.3 Å². The number of aryl methyl sites for hydroxylation is 1. The highest BCUT2D eigenvalue weighted by Crippen LogP contribution is 2.30. The van der Waals surface area contributed by atoms with E-state index in [1.54, 1.807) is 11.0 Å². The summed E-state index contributed by atoms with van der Waals surface area (Å²) in [6.07, 6.45) is 0.998. The third kappa shape index (κ3) is 5.26. The number of carbonyl (C=O) groups is 2. The minimum absolute atomic E-state index is 0.0523. The van der Waals surface area contributed by atoms with Gasteiger partial charge in [0.25, 0.3) is 5.91 Å². The Hall–Kier alpha value is -4.12. The molecule has 0 radical (unpaired) electrons. The molecule has 0 saturated heterocycles. The van der Waals surface area contributed by atoms with Gasteiger partial charge in [0, 0.05) is 23.9 Å². The Morgan fingerprint density at radius 3 is 2.35 bits per heavy atom. The van der Waals surface area contributed by atoms with Crippen LogP contribution in [0.5, 0.6) is 11.5 Å². The number of para-hydroxylation sites is 1. The van der Waals surface area contributed by atoms with Gasteiger partial charge in [-0.25, -0.2) is 0 Å². The van der Waals surface area contributed by atoms with Crippen molar-refractivity contribution >= 4 is 28.3 Å². The lowest BCUT2D eigenvalue weighted by molar-refractivity contribution is -0.137. The molecular weight excluding hydrogens is 426 g/mol. The Balaban J connectivity index is 1.72. The molecule has 172 valence electrons. The Morgan fingerprint density at radius 1 is 0.853 bits per heavy atom. The minimum Gasteiger partial charge on any atom is -0.481 e. The van der Waals surface area contributed by atoms with Crippen LogP contribution in [0.15, 0.2) is 91.0 Å². The third-order valence-electron chi connectivity index (χ3n) is 5.75. The summed E-state index contributed by atoms with van der Waals surface area (Å²) in [5, 5.41) is 11.1. The van der Waals surface area contributed by atoms with Gasteiger partial charge in [-0.2, -0.15) is 0 Å². The van der Waals surface area contributed by atoms with Crippen LogP contribution >= 0.6 is 0 Å². The average molecular weight is 454 g/mol. The van der Waals surface area contributed by atoms with E-state index >= 15 is 0 Å². The zero-order valence-corrected chi connectivity index (χ0v) is 19.1. The van der Waals surface area contributed by atoms with E-state index in [0.717, 1.165) is 22.0 Å². The summed E-state index contributed by atoms with van der Waals surface area (Å²) in [4.78, 5) is 26.7. The molecular formula is C29H27NO4. The summed E-state index contributed by atoms with van der Waals surface area (Å²) in [5.41, 5.74) is 2.18. The second-order valence-electron chi connectivity index (χ2n) is 8.03. The number of anilines is 1. The molecule has 5 nitrogen and oxygen atoms in total. The van der Waals surface area contributed by atoms with Crippen LogP contribution in [0, 0.1) is 0 Å². The van der Waals surface area contributed by atoms with Crippen LogP contribution in [-0.4, -0.2) is 23.5 Å². The fourth-order valence-electron chi connectivity index (χ4n) is 4.10. The summed E-state index contributed by atoms with van der Waals surface area (Å²) >= 11 is 0. The van der Waals surface area contributed by atoms with E-state index in [1.165, 1.54) is 0 Å². The van der Waals surface area contributed by atoms with Crippen LogP contribution in [-0.2, 0) is 11.2 Å². The first kappa shape index (κ1) is 23.1. The fraction of sp³-hybridized carbons (Fsp3) is 0.172. The maximum Gasteiger partial charge on any atom is 0.303 e. The van der Waals surface area contributed by atoms with Crippen molar-refractivity contribution in [2.24, 2.45) is 0 Å². The monoisotopic (exact) mass is 453 g/mol. The molecule has 0 unspecified atom stereocenters. The van der Waals surface area contributed by atoms with E-state index in [4.69, 9.17) is 9.84 Å². The molecule has 0 heterocycles. The third-order valence-corrected chi connectivity index (χ3v) is 5.75. The Labute approximate surface area is 199 Å². The number of hydrogen-bond acceptors (Lipinski definition) is 3. The lowest BCUT2D eigenvalue weighted by atomic mass is 9.99. The highest BCUT2D eigenvalue weighted by atomic mass is 16.5. The highest BCUT2D eigenvalue weighted by Gasteiger charge is 2.22. The van der Waals surface area contributed by atoms with Crippen molar-refractivity contribution in [3.8, 4) is 11.5 Å². The van der Waals surface area contributed by atoms with E-state index < -0.39 is 5.97 Å². The van der Waals surface area contributed by atoms with Gasteiger partial charge in [0.2, 0.25) is 0 Å². The molecule has 0 spiro atoms. The summed E-state index contributed by atoms with van der Waals surface area (Å²) in [7, 11) is 0. The van der Waals surface area contributed by atoms with Crippen LogP contribution in [0.25, 0.3) is 10.8 Å². The van der Waals surface area contributed by atoms with Crippen LogP contribution in [0.1, 0.15) is 35.7 Å². The number of rotatable bonds is 9. The number of benzene rings is 4. The molecule has 0 atom stereocenters. The first-order chi connectivity index (χ1) is 16.6. The maximum absolute atomic E-state index is 13.9. The van der Waals surface area contributed by atoms with Gasteiger partial charge < -0.3 is 14.7 Å². The molecule has 0 fully saturated rings. The zero-order valence-electron chi connectivity index (χ0n) is 19.1. The van der Waals surface area contributed by atoms with Crippen molar-refractivity contribution in [2.45, 2.75) is 26.2 Å². The van der Waals surface area contributed by atoms with E-state index in [2.05, 4.69) is 0 Å². The summed E-state index contributed by atoms with van der Waals surface area (Å²) in [6, 6.07) is 28.8. The van der Waals surface area contributed by atoms with Gasteiger partial charge in [-0.15, -0.1) is 0 Å². The Kier molecular flexibility index (Phi) is 7.23. The lowest BCUT2D eigenvalue weighted by Crippen LogP contribution is -2.31. The molecule has 0 saturated carbocycles. The summed E-state index contributed by atoms with van der Waals surface area (Å²) in [5.74, 6) is 0.261. The molecule has 4 aromatic rings. The van der Waals surface area contributed by atoms with Crippen LogP contribution in [0.3, 0.4) is 0 Å². The van der Waals surface area contributed by atoms with Gasteiger partial charge in [0.05, 0.1) is 5.69 Å². The van der Waals surface area contributed by atoms with E-state index in [1.807, 2.05) is 91.9 Å². The molecule has 0 aliphatic carbocycles. The number of aliphatic carboxylic acids is 1. The topological polar surface area (TPSA) is 66.8 Å². The van der Waals surface area contributed by atoms with Gasteiger partial charge in [0.1, 0.15) is 11.5 Å². The first-order valence-corrected chi connectivity index (χ1v) is 11.4. The fourth-order valence-corrected chi connectivity index (χ4v) is 4.10. The standard InChI is InChI=1S/C29H27NO4/c1-2-30(27-16-8-11-21-10-6-7-15-25(21)27)29(33)26-20-24(34-23-13-4-3-5-14-23)19-18-22(26)12-9-17-28(31)32/h3-8,10-11,13-16,18-20H,2,9,12,17H2,1H3,(H,31,32). The largest absolute Gasteiger partial charge is 0.481 e. The van der Waals surface area contributed by atoms with E-state index in [9.17, 15) is 9.59 Å². The van der Waals surface area contributed by atoms with E-state index in [0.29, 0.717) is 36.4 Å². The average Bonchev–Trinajstić information content (AvgIpc) is 2.86. The number of carbonyl (C=O) groups excluding carboxylic acids is 1. The summed E-state index contributed by atoms with van der Waals surface area (Å²) in [6.45, 7) is 2.44. The number of carboxylic acid groups (broad SMARTS) is 1. The van der Waals surface area contributed by atoms with Crippen molar-refractivity contribution in [3.63, 3.8) is 0 Å². The molecule has 0 aromatic heterocycles. The number of ether oxygens (including phenoxy) is 1. The number of hydrogen-bond donors (Lipinski definition) is 1. The van der Waals surface area contributed by atoms with Gasteiger partial charge in [-0.3, -0.25) is 9.59 Å². The molecule has 0 aliphatic heterocycles. The number of fused-ring (bicyclic) bond motifs is 1. The normalized spacial score (nSPS) is 10.7. The molecule has 4 aromatic carbocycles. The second kappa shape index (κ2) is 10.7. The van der Waals surface area contributed by atoms with Crippen LogP contribution in [0.4, 0.5) is 5.69 Å². The molecule has 4 rings (SSSR count). The van der Waals surface area contributed by atoms with Crippen molar-refractivity contribution in [2.75, 3.05) is 11.4 Å². The second-order valence-corrected chi connectivity index (χ2v) is 8.03. The highest BCUT2D eigenvalue weighted by molar-refractivity contribution is 6.11. The Bertz CT molecular complexity index is 1290. The van der Waals surface area contributed by atoms with Gasteiger partial charge >= 0.3 is 5.97 Å². The maximum atomic E-state index is 13.9. The van der Waals surface area contributed by atoms with Gasteiger partial charge in [0.15, 0.2) is 0 Å². The molecule has 0 aliphatic rings. The SMILES string of the molecule is CCN(C(=O)c1cc(Oc2ccccc2)ccc1CCCC(=O)O)c1cccc2ccccc12. The smallest absolute Gasteiger partial charge is 0.303 e. The van der Waals surface area contributed by atoms with Gasteiger partial charge in [-0.05, 0) is 61.0 Å². The van der Waals surface area contributed by atoms with Crippen molar-refractivity contribution in [1.29, 1.82) is 0 Å². The first-order valence-electron chi connectivity index (χ1n) is 11.4. The van der Waals surface area contributed by atoms with Crippen LogP contribution < -0.4 is 9.64 Å². The van der Waals surface area contributed by atoms with Crippen molar-refractivity contribution < 1.29 is 19.4 Å². The number of amides is 1. The van der Waals surface area contributed by atoms with Crippen molar-refractivity contribution in [1.82, 2.24) is 0 Å². The number of carboxylic acids is 1. The molecule has 1 amide bonds. The lowest BCUT2D eigenvalue weighted by Gasteiger charge is -2.24. The Morgan fingerprint density at radius 2 is 1.59 bits per heavy atom. The van der Waals surface area contributed by atoms with Gasteiger partial charge in [-0.1, -0.05) is 60.7 Å². The number of nitrogens with zero attached hydrogens (tertiary/aromatic N) is 1. The predicted octanol–water partition coefficient (Wildman–Crippen LogP) is 6.71. The van der Waals surface area contributed by atoms with Crippen LogP contribution in [0.2, 0.25) is 0 Å². The zero-order chi connectivity index (χ0) is 23.9. The van der Waals surface area contributed by atoms with Crippen molar-refractivity contribution in [3.05, 3.63) is 102 Å². The quantitative estimate of drug-likeness (QED) is 0.306. The summed E-state index contributed by atoms with van der Waals surface area (Å²) < 4.78 is 5.99. The predicted molar refractivity (Wildman–Crippen MR) is 135 cm³/mol.